The highest BCUT2D eigenvalue weighted by atomic mass is 32.3. The molecule has 0 unspecified atom stereocenters. The molecule has 1 aromatic rings. The van der Waals surface area contributed by atoms with Gasteiger partial charge in [0.05, 0.1) is 12.3 Å². The second kappa shape index (κ2) is 6.07. The first-order chi connectivity index (χ1) is 8.59. The van der Waals surface area contributed by atoms with Gasteiger partial charge >= 0.3 is 10.4 Å². The molecule has 0 aliphatic carbocycles. The molecule has 0 saturated carbocycles. The van der Waals surface area contributed by atoms with E-state index < -0.39 is 25.4 Å². The molecule has 0 atom stereocenters. The first-order valence-electron chi connectivity index (χ1n) is 4.71. The van der Waals surface area contributed by atoms with Gasteiger partial charge in [0.1, 0.15) is 4.90 Å². The molecule has 0 radical (unpaired) electrons. The molecule has 11 heteroatoms. The molecule has 0 aliphatic heterocycles. The molecule has 4 N–H and O–H groups in total. The van der Waals surface area contributed by atoms with Gasteiger partial charge < -0.3 is 5.73 Å². The van der Waals surface area contributed by atoms with Crippen molar-refractivity contribution in [1.82, 2.24) is 0 Å². The van der Waals surface area contributed by atoms with Crippen molar-refractivity contribution in [2.75, 3.05) is 18.1 Å². The third kappa shape index (κ3) is 5.76. The van der Waals surface area contributed by atoms with Gasteiger partial charge in [-0.05, 0) is 18.2 Å². The normalized spacial score (nSPS) is 12.5. The molecule has 19 heavy (non-hydrogen) atoms. The van der Waals surface area contributed by atoms with Crippen molar-refractivity contribution in [2.24, 2.45) is 0 Å². The first-order valence-corrected chi connectivity index (χ1v) is 8.50. The maximum absolute atomic E-state index is 11.0. The van der Waals surface area contributed by atoms with Crippen LogP contribution in [-0.4, -0.2) is 38.3 Å². The zero-order valence-electron chi connectivity index (χ0n) is 9.38. The SMILES string of the molecule is Nc1ccc(SCCOS(=O)(=O)O)cc1S(=O)(=O)O. The summed E-state index contributed by atoms with van der Waals surface area (Å²) in [5.74, 6) is 0.147. The van der Waals surface area contributed by atoms with E-state index in [2.05, 4.69) is 4.18 Å². The Hall–Kier alpha value is -0.850. The van der Waals surface area contributed by atoms with Gasteiger partial charge in [0.25, 0.3) is 10.1 Å². The predicted octanol–water partition coefficient (Wildman–Crippen LogP) is 0.427. The third-order valence-corrected chi connectivity index (χ3v) is 4.18. The minimum atomic E-state index is -4.49. The molecule has 0 amide bonds. The van der Waals surface area contributed by atoms with Crippen LogP contribution in [0.4, 0.5) is 5.69 Å². The topological polar surface area (TPSA) is 144 Å². The van der Waals surface area contributed by atoms with E-state index in [-0.39, 0.29) is 18.0 Å². The molecule has 0 spiro atoms. The lowest BCUT2D eigenvalue weighted by Gasteiger charge is -2.06. The van der Waals surface area contributed by atoms with Crippen molar-refractivity contribution in [2.45, 2.75) is 9.79 Å². The molecule has 1 rings (SSSR count). The summed E-state index contributed by atoms with van der Waals surface area (Å²) < 4.78 is 63.8. The highest BCUT2D eigenvalue weighted by molar-refractivity contribution is 7.99. The summed E-state index contributed by atoms with van der Waals surface area (Å²) in [7, 11) is -8.90. The van der Waals surface area contributed by atoms with Gasteiger partial charge in [0.2, 0.25) is 0 Å². The zero-order chi connectivity index (χ0) is 14.7. The second-order valence-corrected chi connectivity index (χ2v) is 6.92. The molecule has 108 valence electrons. The Labute approximate surface area is 114 Å². The van der Waals surface area contributed by atoms with Gasteiger partial charge in [-0.2, -0.15) is 16.8 Å². The number of anilines is 1. The van der Waals surface area contributed by atoms with Crippen molar-refractivity contribution in [3.8, 4) is 0 Å². The van der Waals surface area contributed by atoms with E-state index in [1.165, 1.54) is 12.1 Å². The van der Waals surface area contributed by atoms with Crippen LogP contribution in [0.5, 0.6) is 0 Å². The van der Waals surface area contributed by atoms with Crippen molar-refractivity contribution in [1.29, 1.82) is 0 Å². The van der Waals surface area contributed by atoms with E-state index >= 15 is 0 Å². The molecular weight excluding hydrogens is 318 g/mol. The van der Waals surface area contributed by atoms with E-state index in [0.29, 0.717) is 4.90 Å². The summed E-state index contributed by atoms with van der Waals surface area (Å²) in [5, 5.41) is 0. The Morgan fingerprint density at radius 1 is 1.21 bits per heavy atom. The number of hydrogen-bond acceptors (Lipinski definition) is 7. The summed E-state index contributed by atoms with van der Waals surface area (Å²) in [6, 6.07) is 3.96. The van der Waals surface area contributed by atoms with Crippen molar-refractivity contribution >= 4 is 38.0 Å². The number of nitrogen functional groups attached to an aromatic ring is 1. The van der Waals surface area contributed by atoms with Crippen LogP contribution in [0.1, 0.15) is 0 Å². The van der Waals surface area contributed by atoms with E-state index in [1.54, 1.807) is 0 Å². The van der Waals surface area contributed by atoms with Crippen LogP contribution in [-0.2, 0) is 24.7 Å². The van der Waals surface area contributed by atoms with Crippen LogP contribution in [0, 0.1) is 0 Å². The fourth-order valence-electron chi connectivity index (χ4n) is 1.13. The van der Waals surface area contributed by atoms with Gasteiger partial charge in [-0.15, -0.1) is 11.8 Å². The first kappa shape index (κ1) is 16.2. The van der Waals surface area contributed by atoms with Crippen LogP contribution >= 0.6 is 11.8 Å². The third-order valence-electron chi connectivity index (χ3n) is 1.85. The molecule has 0 aromatic heterocycles. The minimum absolute atomic E-state index is 0.0963. The van der Waals surface area contributed by atoms with Gasteiger partial charge in [0.15, 0.2) is 0 Å². The largest absolute Gasteiger partial charge is 0.398 e. The number of hydrogen-bond donors (Lipinski definition) is 3. The summed E-state index contributed by atoms with van der Waals surface area (Å²) in [4.78, 5) is 0.0222. The van der Waals surface area contributed by atoms with Gasteiger partial charge in [-0.1, -0.05) is 0 Å². The number of nitrogens with two attached hydrogens (primary N) is 1. The Balaban J connectivity index is 2.71. The van der Waals surface area contributed by atoms with Gasteiger partial charge in [-0.25, -0.2) is 4.18 Å². The summed E-state index contributed by atoms with van der Waals surface area (Å²) in [5.41, 5.74) is 5.31. The fraction of sp³-hybridized carbons (Fsp3) is 0.250. The monoisotopic (exact) mass is 329 g/mol. The van der Waals surface area contributed by atoms with Crippen LogP contribution in [0.25, 0.3) is 0 Å². The molecule has 0 bridgehead atoms. The minimum Gasteiger partial charge on any atom is -0.398 e. The maximum Gasteiger partial charge on any atom is 0.397 e. The number of rotatable bonds is 6. The molecule has 0 aliphatic rings. The van der Waals surface area contributed by atoms with Crippen molar-refractivity contribution in [3.63, 3.8) is 0 Å². The zero-order valence-corrected chi connectivity index (χ0v) is 11.8. The predicted molar refractivity (Wildman–Crippen MR) is 68.9 cm³/mol. The Kier molecular flexibility index (Phi) is 5.18. The van der Waals surface area contributed by atoms with Crippen molar-refractivity contribution in [3.05, 3.63) is 18.2 Å². The average molecular weight is 329 g/mol. The van der Waals surface area contributed by atoms with E-state index in [4.69, 9.17) is 14.8 Å². The van der Waals surface area contributed by atoms with Crippen LogP contribution in [0.15, 0.2) is 28.0 Å². The fourth-order valence-corrected chi connectivity index (χ4v) is 3.01. The smallest absolute Gasteiger partial charge is 0.397 e. The van der Waals surface area contributed by atoms with E-state index in [0.717, 1.165) is 17.8 Å². The van der Waals surface area contributed by atoms with Crippen LogP contribution < -0.4 is 5.73 Å². The second-order valence-electron chi connectivity index (χ2n) is 3.27. The molecular formula is C8H11NO7S3. The highest BCUT2D eigenvalue weighted by Crippen LogP contribution is 2.25. The van der Waals surface area contributed by atoms with Crippen LogP contribution in [0.2, 0.25) is 0 Å². The molecule has 1 aromatic carbocycles. The molecule has 0 fully saturated rings. The van der Waals surface area contributed by atoms with Crippen LogP contribution in [0.3, 0.4) is 0 Å². The van der Waals surface area contributed by atoms with Gasteiger partial charge in [0, 0.05) is 10.6 Å². The summed E-state index contributed by atoms with van der Waals surface area (Å²) >= 11 is 1.07. The van der Waals surface area contributed by atoms with Crippen molar-refractivity contribution < 1.29 is 30.1 Å². The lowest BCUT2D eigenvalue weighted by Crippen LogP contribution is -2.06. The average Bonchev–Trinajstić information content (AvgIpc) is 2.23. The Morgan fingerprint density at radius 3 is 2.37 bits per heavy atom. The molecule has 8 nitrogen and oxygen atoms in total. The summed E-state index contributed by atoms with van der Waals surface area (Å²) in [6.07, 6.45) is 0. The standard InChI is InChI=1S/C8H11NO7S3/c9-7-2-1-6(5-8(7)18(10,11)12)17-4-3-16-19(13,14)15/h1-2,5H,3-4,9H2,(H,10,11,12)(H,13,14,15). The number of thioether (sulfide) groups is 1. The maximum atomic E-state index is 11.0. The van der Waals surface area contributed by atoms with E-state index in [1.807, 2.05) is 0 Å². The number of benzene rings is 1. The van der Waals surface area contributed by atoms with Gasteiger partial charge in [-0.3, -0.25) is 9.11 Å². The lowest BCUT2D eigenvalue weighted by molar-refractivity contribution is 0.285. The Bertz CT molecular complexity index is 653. The lowest BCUT2D eigenvalue weighted by atomic mass is 10.3. The molecule has 0 saturated heterocycles. The van der Waals surface area contributed by atoms with E-state index in [9.17, 15) is 16.8 Å². The Morgan fingerprint density at radius 2 is 1.84 bits per heavy atom. The highest BCUT2D eigenvalue weighted by Gasteiger charge is 2.14. The summed E-state index contributed by atoms with van der Waals surface area (Å²) in [6.45, 7) is -0.283. The quantitative estimate of drug-likeness (QED) is 0.293. The molecule has 0 heterocycles.